The summed E-state index contributed by atoms with van der Waals surface area (Å²) in [5.74, 6) is 0.498. The largest absolute Gasteiger partial charge is 0.507 e. The number of para-hydroxylation sites is 1. The average Bonchev–Trinajstić information content (AvgIpc) is 2.60. The minimum atomic E-state index is -0.547. The molecule has 0 aliphatic rings. The number of fused-ring (bicyclic) bond motifs is 1. The fourth-order valence-corrected chi connectivity index (χ4v) is 2.57. The van der Waals surface area contributed by atoms with E-state index >= 15 is 0 Å². The summed E-state index contributed by atoms with van der Waals surface area (Å²) in [6.07, 6.45) is 0. The minimum Gasteiger partial charge on any atom is -0.507 e. The van der Waals surface area contributed by atoms with E-state index in [4.69, 9.17) is 9.47 Å². The highest BCUT2D eigenvalue weighted by atomic mass is 16.5. The van der Waals surface area contributed by atoms with Crippen LogP contribution >= 0.6 is 0 Å². The SMILES string of the molecule is COC(=O)c1c(C)c(O)c2ccccc2c1Oc1ccccc1. The van der Waals surface area contributed by atoms with Crippen molar-refractivity contribution in [3.05, 3.63) is 65.7 Å². The van der Waals surface area contributed by atoms with Crippen molar-refractivity contribution in [2.75, 3.05) is 7.11 Å². The van der Waals surface area contributed by atoms with Gasteiger partial charge in [0.15, 0.2) is 0 Å². The van der Waals surface area contributed by atoms with Gasteiger partial charge in [-0.3, -0.25) is 0 Å². The van der Waals surface area contributed by atoms with Gasteiger partial charge in [-0.15, -0.1) is 0 Å². The Hall–Kier alpha value is -3.01. The first kappa shape index (κ1) is 14.9. The summed E-state index contributed by atoms with van der Waals surface area (Å²) in [6, 6.07) is 16.4. The molecule has 0 unspecified atom stereocenters. The topological polar surface area (TPSA) is 55.8 Å². The molecule has 0 radical (unpaired) electrons. The van der Waals surface area contributed by atoms with Crippen LogP contribution in [0, 0.1) is 6.92 Å². The molecule has 3 rings (SSSR count). The van der Waals surface area contributed by atoms with Crippen molar-refractivity contribution in [2.45, 2.75) is 6.92 Å². The van der Waals surface area contributed by atoms with Gasteiger partial charge in [-0.1, -0.05) is 42.5 Å². The monoisotopic (exact) mass is 308 g/mol. The Morgan fingerprint density at radius 3 is 2.22 bits per heavy atom. The zero-order valence-electron chi connectivity index (χ0n) is 12.9. The molecule has 0 bridgehead atoms. The molecule has 1 N–H and O–H groups in total. The van der Waals surface area contributed by atoms with Gasteiger partial charge < -0.3 is 14.6 Å². The van der Waals surface area contributed by atoms with Crippen LogP contribution in [0.1, 0.15) is 15.9 Å². The molecule has 3 aromatic rings. The number of esters is 1. The van der Waals surface area contributed by atoms with E-state index in [1.807, 2.05) is 30.3 Å². The number of aromatic hydroxyl groups is 1. The molecule has 0 saturated heterocycles. The van der Waals surface area contributed by atoms with E-state index in [9.17, 15) is 9.90 Å². The van der Waals surface area contributed by atoms with Gasteiger partial charge in [-0.2, -0.15) is 0 Å². The van der Waals surface area contributed by atoms with Crippen LogP contribution in [0.2, 0.25) is 0 Å². The Morgan fingerprint density at radius 1 is 0.957 bits per heavy atom. The standard InChI is InChI=1S/C19H16O4/c1-12-16(19(21)22-2)18(23-13-8-4-3-5-9-13)15-11-7-6-10-14(15)17(12)20/h3-11,20H,1-2H3. The third-order valence-electron chi connectivity index (χ3n) is 3.74. The Kier molecular flexibility index (Phi) is 3.89. The van der Waals surface area contributed by atoms with E-state index < -0.39 is 5.97 Å². The van der Waals surface area contributed by atoms with Crippen molar-refractivity contribution in [3.8, 4) is 17.2 Å². The van der Waals surface area contributed by atoms with E-state index in [-0.39, 0.29) is 11.3 Å². The maximum Gasteiger partial charge on any atom is 0.342 e. The van der Waals surface area contributed by atoms with Gasteiger partial charge in [-0.05, 0) is 19.1 Å². The molecular formula is C19H16O4. The van der Waals surface area contributed by atoms with E-state index in [0.29, 0.717) is 27.8 Å². The quantitative estimate of drug-likeness (QED) is 0.727. The first-order valence-corrected chi connectivity index (χ1v) is 7.19. The molecule has 4 nitrogen and oxygen atoms in total. The lowest BCUT2D eigenvalue weighted by Gasteiger charge is -2.17. The van der Waals surface area contributed by atoms with E-state index in [1.54, 1.807) is 31.2 Å². The highest BCUT2D eigenvalue weighted by Crippen LogP contribution is 2.41. The summed E-state index contributed by atoms with van der Waals surface area (Å²) in [6.45, 7) is 1.67. The zero-order valence-corrected chi connectivity index (χ0v) is 12.9. The van der Waals surface area contributed by atoms with Crippen molar-refractivity contribution >= 4 is 16.7 Å². The van der Waals surface area contributed by atoms with Gasteiger partial charge in [0.1, 0.15) is 22.8 Å². The number of ether oxygens (including phenoxy) is 2. The van der Waals surface area contributed by atoms with Crippen LogP contribution in [0.15, 0.2) is 54.6 Å². The fourth-order valence-electron chi connectivity index (χ4n) is 2.57. The van der Waals surface area contributed by atoms with E-state index in [1.165, 1.54) is 7.11 Å². The normalized spacial score (nSPS) is 10.5. The predicted octanol–water partition coefficient (Wildman–Crippen LogP) is 4.43. The Balaban J connectivity index is 2.32. The Morgan fingerprint density at radius 2 is 1.57 bits per heavy atom. The van der Waals surface area contributed by atoms with Crippen LogP contribution in [0.4, 0.5) is 0 Å². The van der Waals surface area contributed by atoms with E-state index in [0.717, 1.165) is 0 Å². The third-order valence-corrected chi connectivity index (χ3v) is 3.74. The maximum absolute atomic E-state index is 12.2. The molecule has 0 fully saturated rings. The lowest BCUT2D eigenvalue weighted by atomic mass is 9.98. The lowest BCUT2D eigenvalue weighted by molar-refractivity contribution is 0.0597. The number of phenolic OH excluding ortho intramolecular Hbond substituents is 1. The van der Waals surface area contributed by atoms with Gasteiger partial charge in [-0.25, -0.2) is 4.79 Å². The first-order chi connectivity index (χ1) is 11.1. The number of carbonyl (C=O) groups excluding carboxylic acids is 1. The molecule has 0 atom stereocenters. The van der Waals surface area contributed by atoms with Crippen molar-refractivity contribution in [3.63, 3.8) is 0 Å². The summed E-state index contributed by atoms with van der Waals surface area (Å²) in [7, 11) is 1.31. The summed E-state index contributed by atoms with van der Waals surface area (Å²) in [5.41, 5.74) is 0.661. The molecule has 0 aromatic heterocycles. The molecular weight excluding hydrogens is 292 g/mol. The predicted molar refractivity (Wildman–Crippen MR) is 88.2 cm³/mol. The molecule has 0 aliphatic heterocycles. The number of carbonyl (C=O) groups is 1. The van der Waals surface area contributed by atoms with Crippen LogP contribution in [-0.4, -0.2) is 18.2 Å². The molecule has 23 heavy (non-hydrogen) atoms. The van der Waals surface area contributed by atoms with Crippen LogP contribution in [0.5, 0.6) is 17.2 Å². The second-order valence-corrected chi connectivity index (χ2v) is 5.13. The van der Waals surface area contributed by atoms with Crippen molar-refractivity contribution in [1.82, 2.24) is 0 Å². The molecule has 4 heteroatoms. The highest BCUT2D eigenvalue weighted by molar-refractivity contribution is 6.06. The van der Waals surface area contributed by atoms with E-state index in [2.05, 4.69) is 0 Å². The lowest BCUT2D eigenvalue weighted by Crippen LogP contribution is -2.07. The molecule has 116 valence electrons. The van der Waals surface area contributed by atoms with Gasteiger partial charge >= 0.3 is 5.97 Å². The van der Waals surface area contributed by atoms with Crippen molar-refractivity contribution < 1.29 is 19.4 Å². The first-order valence-electron chi connectivity index (χ1n) is 7.19. The van der Waals surface area contributed by atoms with Gasteiger partial charge in [0.2, 0.25) is 0 Å². The molecule has 0 aliphatic carbocycles. The number of rotatable bonds is 3. The molecule has 0 amide bonds. The molecule has 0 heterocycles. The number of hydrogen-bond acceptors (Lipinski definition) is 4. The van der Waals surface area contributed by atoms with Gasteiger partial charge in [0, 0.05) is 16.3 Å². The third kappa shape index (κ3) is 2.59. The Bertz CT molecular complexity index is 869. The molecule has 3 aromatic carbocycles. The highest BCUT2D eigenvalue weighted by Gasteiger charge is 2.24. The van der Waals surface area contributed by atoms with Gasteiger partial charge in [0.25, 0.3) is 0 Å². The van der Waals surface area contributed by atoms with Crippen molar-refractivity contribution in [2.24, 2.45) is 0 Å². The summed E-state index contributed by atoms with van der Waals surface area (Å²) in [4.78, 5) is 12.2. The van der Waals surface area contributed by atoms with Gasteiger partial charge in [0.05, 0.1) is 7.11 Å². The number of hydrogen-bond donors (Lipinski definition) is 1. The number of benzene rings is 3. The molecule has 0 saturated carbocycles. The smallest absolute Gasteiger partial charge is 0.342 e. The fraction of sp³-hybridized carbons (Fsp3) is 0.105. The maximum atomic E-state index is 12.2. The summed E-state index contributed by atoms with van der Waals surface area (Å²) < 4.78 is 10.8. The summed E-state index contributed by atoms with van der Waals surface area (Å²) >= 11 is 0. The second-order valence-electron chi connectivity index (χ2n) is 5.13. The average molecular weight is 308 g/mol. The van der Waals surface area contributed by atoms with Crippen molar-refractivity contribution in [1.29, 1.82) is 0 Å². The minimum absolute atomic E-state index is 0.0569. The molecule has 0 spiro atoms. The second kappa shape index (κ2) is 6.01. The number of phenols is 1. The van der Waals surface area contributed by atoms with Crippen LogP contribution in [0.25, 0.3) is 10.8 Å². The van der Waals surface area contributed by atoms with Crippen LogP contribution in [-0.2, 0) is 4.74 Å². The summed E-state index contributed by atoms with van der Waals surface area (Å²) in [5, 5.41) is 11.7. The zero-order chi connectivity index (χ0) is 16.4. The van der Waals surface area contributed by atoms with Crippen LogP contribution < -0.4 is 4.74 Å². The number of methoxy groups -OCH3 is 1. The Labute approximate surface area is 133 Å². The van der Waals surface area contributed by atoms with Crippen LogP contribution in [0.3, 0.4) is 0 Å².